The van der Waals surface area contributed by atoms with Crippen LogP contribution in [0.25, 0.3) is 0 Å². The minimum absolute atomic E-state index is 0.189. The standard InChI is InChI=1S/C18H21N3O5/c1-11-14(9-21(2)20-11)17(22)19-15-7-8-25-10-16(15)26-13-5-3-12(4-6-13)18(23)24/h3-6,9,15-16H,7-8,10H2,1-2H3,(H,19,22)(H,23,24)/t15-,16-/m1/s1. The molecule has 0 bridgehead atoms. The fourth-order valence-corrected chi connectivity index (χ4v) is 2.91. The monoisotopic (exact) mass is 359 g/mol. The van der Waals surface area contributed by atoms with Gasteiger partial charge < -0.3 is 19.9 Å². The number of ether oxygens (including phenoxy) is 2. The van der Waals surface area contributed by atoms with Crippen LogP contribution in [0.1, 0.15) is 32.8 Å². The maximum atomic E-state index is 12.5. The molecule has 26 heavy (non-hydrogen) atoms. The van der Waals surface area contributed by atoms with Gasteiger partial charge in [-0.3, -0.25) is 9.48 Å². The normalized spacial score (nSPS) is 19.8. The smallest absolute Gasteiger partial charge is 0.335 e. The van der Waals surface area contributed by atoms with Crippen molar-refractivity contribution in [1.82, 2.24) is 15.1 Å². The third-order valence-corrected chi connectivity index (χ3v) is 4.27. The number of aromatic carboxylic acids is 1. The Bertz CT molecular complexity index is 800. The third-order valence-electron chi connectivity index (χ3n) is 4.27. The second kappa shape index (κ2) is 7.57. The molecule has 1 aliphatic rings. The van der Waals surface area contributed by atoms with Crippen molar-refractivity contribution in [2.24, 2.45) is 7.05 Å². The summed E-state index contributed by atoms with van der Waals surface area (Å²) >= 11 is 0. The molecule has 1 aromatic heterocycles. The third kappa shape index (κ3) is 4.02. The highest BCUT2D eigenvalue weighted by Crippen LogP contribution is 2.19. The minimum atomic E-state index is -0.991. The first-order valence-corrected chi connectivity index (χ1v) is 8.33. The van der Waals surface area contributed by atoms with Gasteiger partial charge in [0.1, 0.15) is 11.9 Å². The molecule has 8 nitrogen and oxygen atoms in total. The van der Waals surface area contributed by atoms with Gasteiger partial charge in [-0.05, 0) is 37.6 Å². The average Bonchev–Trinajstić information content (AvgIpc) is 2.95. The summed E-state index contributed by atoms with van der Waals surface area (Å²) in [6.07, 6.45) is 1.95. The summed E-state index contributed by atoms with van der Waals surface area (Å²) in [5.74, 6) is -0.658. The van der Waals surface area contributed by atoms with E-state index in [2.05, 4.69) is 10.4 Å². The first-order valence-electron chi connectivity index (χ1n) is 8.33. The SMILES string of the molecule is Cc1nn(C)cc1C(=O)N[C@@H]1CCOC[C@H]1Oc1ccc(C(=O)O)cc1. The largest absolute Gasteiger partial charge is 0.486 e. The van der Waals surface area contributed by atoms with Crippen LogP contribution in [0.4, 0.5) is 0 Å². The summed E-state index contributed by atoms with van der Waals surface area (Å²) in [6, 6.07) is 5.95. The van der Waals surface area contributed by atoms with Crippen LogP contribution in [-0.4, -0.2) is 52.1 Å². The molecule has 1 saturated heterocycles. The van der Waals surface area contributed by atoms with Gasteiger partial charge in [-0.1, -0.05) is 0 Å². The van der Waals surface area contributed by atoms with Gasteiger partial charge in [-0.25, -0.2) is 4.79 Å². The summed E-state index contributed by atoms with van der Waals surface area (Å²) in [5.41, 5.74) is 1.39. The van der Waals surface area contributed by atoms with Crippen molar-refractivity contribution in [2.45, 2.75) is 25.5 Å². The van der Waals surface area contributed by atoms with Gasteiger partial charge in [0.05, 0.1) is 29.5 Å². The maximum absolute atomic E-state index is 12.5. The molecular formula is C18H21N3O5. The molecule has 0 radical (unpaired) electrons. The van der Waals surface area contributed by atoms with Crippen molar-refractivity contribution in [3.05, 3.63) is 47.3 Å². The van der Waals surface area contributed by atoms with Gasteiger partial charge in [-0.15, -0.1) is 0 Å². The molecule has 1 aliphatic heterocycles. The Kier molecular flexibility index (Phi) is 5.22. The highest BCUT2D eigenvalue weighted by molar-refractivity contribution is 5.95. The van der Waals surface area contributed by atoms with Gasteiger partial charge in [0.15, 0.2) is 0 Å². The quantitative estimate of drug-likeness (QED) is 0.836. The fourth-order valence-electron chi connectivity index (χ4n) is 2.91. The number of rotatable bonds is 5. The van der Waals surface area contributed by atoms with Crippen LogP contribution in [0, 0.1) is 6.92 Å². The lowest BCUT2D eigenvalue weighted by Crippen LogP contribution is -2.51. The Hall–Kier alpha value is -2.87. The maximum Gasteiger partial charge on any atom is 0.335 e. The Balaban J connectivity index is 1.68. The molecule has 2 atom stereocenters. The van der Waals surface area contributed by atoms with Crippen LogP contribution >= 0.6 is 0 Å². The minimum Gasteiger partial charge on any atom is -0.486 e. The zero-order valence-electron chi connectivity index (χ0n) is 14.6. The van der Waals surface area contributed by atoms with Crippen LogP contribution in [0.3, 0.4) is 0 Å². The topological polar surface area (TPSA) is 103 Å². The molecule has 1 fully saturated rings. The van der Waals surface area contributed by atoms with Crippen molar-refractivity contribution in [3.63, 3.8) is 0 Å². The molecule has 2 aromatic rings. The summed E-state index contributed by atoms with van der Waals surface area (Å²) in [4.78, 5) is 23.5. The molecule has 8 heteroatoms. The number of carbonyl (C=O) groups is 2. The van der Waals surface area contributed by atoms with Crippen molar-refractivity contribution in [1.29, 1.82) is 0 Å². The number of aryl methyl sites for hydroxylation is 2. The van der Waals surface area contributed by atoms with E-state index in [1.54, 1.807) is 37.0 Å². The lowest BCUT2D eigenvalue weighted by atomic mass is 10.1. The van der Waals surface area contributed by atoms with Crippen LogP contribution in [0.5, 0.6) is 5.75 Å². The molecule has 0 spiro atoms. The Morgan fingerprint density at radius 3 is 2.69 bits per heavy atom. The van der Waals surface area contributed by atoms with Gasteiger partial charge in [0.2, 0.25) is 0 Å². The Morgan fingerprint density at radius 1 is 1.35 bits per heavy atom. The van der Waals surface area contributed by atoms with E-state index in [0.717, 1.165) is 0 Å². The summed E-state index contributed by atoms with van der Waals surface area (Å²) in [6.45, 7) is 2.67. The predicted octanol–water partition coefficient (Wildman–Crippen LogP) is 1.39. The molecule has 1 aromatic carbocycles. The van der Waals surface area contributed by atoms with Crippen LogP contribution < -0.4 is 10.1 Å². The van der Waals surface area contributed by atoms with Gasteiger partial charge in [0.25, 0.3) is 5.91 Å². The Morgan fingerprint density at radius 2 is 2.08 bits per heavy atom. The molecule has 0 aliphatic carbocycles. The van der Waals surface area contributed by atoms with Crippen molar-refractivity contribution >= 4 is 11.9 Å². The molecule has 0 unspecified atom stereocenters. The number of carboxylic acid groups (broad SMARTS) is 1. The fraction of sp³-hybridized carbons (Fsp3) is 0.389. The molecule has 138 valence electrons. The molecule has 3 rings (SSSR count). The van der Waals surface area contributed by atoms with Crippen LogP contribution in [0.2, 0.25) is 0 Å². The number of aromatic nitrogens is 2. The summed E-state index contributed by atoms with van der Waals surface area (Å²) in [5, 5.41) is 16.1. The zero-order chi connectivity index (χ0) is 18.7. The van der Waals surface area contributed by atoms with Gasteiger partial charge in [0, 0.05) is 19.9 Å². The van der Waals surface area contributed by atoms with E-state index in [0.29, 0.717) is 36.6 Å². The summed E-state index contributed by atoms with van der Waals surface area (Å²) in [7, 11) is 1.77. The van der Waals surface area contributed by atoms with E-state index in [9.17, 15) is 9.59 Å². The predicted molar refractivity (Wildman–Crippen MR) is 92.5 cm³/mol. The van der Waals surface area contributed by atoms with Crippen molar-refractivity contribution in [2.75, 3.05) is 13.2 Å². The average molecular weight is 359 g/mol. The second-order valence-corrected chi connectivity index (χ2v) is 6.23. The molecular weight excluding hydrogens is 338 g/mol. The van der Waals surface area contributed by atoms with Gasteiger partial charge >= 0.3 is 5.97 Å². The number of amides is 1. The van der Waals surface area contributed by atoms with Gasteiger partial charge in [-0.2, -0.15) is 5.10 Å². The van der Waals surface area contributed by atoms with E-state index in [1.165, 1.54) is 12.1 Å². The lowest BCUT2D eigenvalue weighted by molar-refractivity contribution is -0.0135. The zero-order valence-corrected chi connectivity index (χ0v) is 14.6. The van der Waals surface area contributed by atoms with Crippen molar-refractivity contribution in [3.8, 4) is 5.75 Å². The number of nitrogens with zero attached hydrogens (tertiary/aromatic N) is 2. The van der Waals surface area contributed by atoms with Crippen LogP contribution in [-0.2, 0) is 11.8 Å². The highest BCUT2D eigenvalue weighted by Gasteiger charge is 2.30. The van der Waals surface area contributed by atoms with E-state index in [4.69, 9.17) is 14.6 Å². The molecule has 0 saturated carbocycles. The van der Waals surface area contributed by atoms with Crippen LogP contribution in [0.15, 0.2) is 30.5 Å². The number of benzene rings is 1. The van der Waals surface area contributed by atoms with E-state index in [-0.39, 0.29) is 23.6 Å². The van der Waals surface area contributed by atoms with E-state index in [1.807, 2.05) is 0 Å². The molecule has 1 amide bonds. The highest BCUT2D eigenvalue weighted by atomic mass is 16.5. The van der Waals surface area contributed by atoms with Crippen molar-refractivity contribution < 1.29 is 24.2 Å². The first kappa shape index (κ1) is 17.9. The van der Waals surface area contributed by atoms with E-state index >= 15 is 0 Å². The Labute approximate surface area is 150 Å². The number of nitrogens with one attached hydrogen (secondary N) is 1. The van der Waals surface area contributed by atoms with E-state index < -0.39 is 5.97 Å². The second-order valence-electron chi connectivity index (χ2n) is 6.23. The first-order chi connectivity index (χ1) is 12.4. The number of hydrogen-bond acceptors (Lipinski definition) is 5. The number of carboxylic acids is 1. The lowest BCUT2D eigenvalue weighted by Gasteiger charge is -2.32. The summed E-state index contributed by atoms with van der Waals surface area (Å²) < 4.78 is 13.0. The molecule has 2 heterocycles. The number of carbonyl (C=O) groups excluding carboxylic acids is 1. The molecule has 2 N–H and O–H groups in total. The number of hydrogen-bond donors (Lipinski definition) is 2.